The zero-order valence-electron chi connectivity index (χ0n) is 15.3. The van der Waals surface area contributed by atoms with Crippen LogP contribution in [0.2, 0.25) is 0 Å². The molecule has 0 spiro atoms. The van der Waals surface area contributed by atoms with Crippen molar-refractivity contribution in [2.45, 2.75) is 19.4 Å². The number of benzene rings is 1. The SMILES string of the molecule is COc1cccc(NC(=O)[C@H](C)N2C(=O)[C@@H]3[C@H]4C=C[C@@H]([C@@H]5C[C@@H]45)[C@H]3C2=O)c1. The van der Waals surface area contributed by atoms with Crippen LogP contribution in [0.15, 0.2) is 36.4 Å². The molecule has 1 N–H and O–H groups in total. The van der Waals surface area contributed by atoms with Crippen molar-refractivity contribution in [3.05, 3.63) is 36.4 Å². The highest BCUT2D eigenvalue weighted by atomic mass is 16.5. The number of carbonyl (C=O) groups is 3. The Balaban J connectivity index is 1.36. The van der Waals surface area contributed by atoms with Gasteiger partial charge < -0.3 is 10.1 Å². The predicted molar refractivity (Wildman–Crippen MR) is 97.6 cm³/mol. The van der Waals surface area contributed by atoms with Gasteiger partial charge in [0.25, 0.3) is 0 Å². The van der Waals surface area contributed by atoms with Crippen molar-refractivity contribution in [2.24, 2.45) is 35.5 Å². The number of carbonyl (C=O) groups excluding carboxylic acids is 3. The predicted octanol–water partition coefficient (Wildman–Crippen LogP) is 2.08. The second kappa shape index (κ2) is 5.68. The van der Waals surface area contributed by atoms with E-state index in [9.17, 15) is 14.4 Å². The third kappa shape index (κ3) is 2.28. The number of allylic oxidation sites excluding steroid dienone is 2. The van der Waals surface area contributed by atoms with E-state index in [1.54, 1.807) is 38.3 Å². The van der Waals surface area contributed by atoms with Gasteiger partial charge in [0.2, 0.25) is 17.7 Å². The van der Waals surface area contributed by atoms with Crippen molar-refractivity contribution in [3.63, 3.8) is 0 Å². The molecule has 1 saturated heterocycles. The van der Waals surface area contributed by atoms with E-state index >= 15 is 0 Å². The number of hydrogen-bond donors (Lipinski definition) is 1. The largest absolute Gasteiger partial charge is 0.497 e. The molecule has 3 fully saturated rings. The molecule has 0 radical (unpaired) electrons. The molecule has 4 aliphatic carbocycles. The monoisotopic (exact) mass is 366 g/mol. The summed E-state index contributed by atoms with van der Waals surface area (Å²) in [5, 5.41) is 2.79. The summed E-state index contributed by atoms with van der Waals surface area (Å²) in [6.45, 7) is 1.62. The molecular weight excluding hydrogens is 344 g/mol. The van der Waals surface area contributed by atoms with Crippen LogP contribution in [0.1, 0.15) is 13.3 Å². The summed E-state index contributed by atoms with van der Waals surface area (Å²) in [5.74, 6) is 0.797. The minimum absolute atomic E-state index is 0.167. The van der Waals surface area contributed by atoms with Crippen molar-refractivity contribution in [3.8, 4) is 5.75 Å². The van der Waals surface area contributed by atoms with Gasteiger partial charge in [0.15, 0.2) is 0 Å². The Bertz CT molecular complexity index is 843. The maximum atomic E-state index is 13.1. The van der Waals surface area contributed by atoms with E-state index in [0.29, 0.717) is 23.3 Å². The summed E-state index contributed by atoms with van der Waals surface area (Å²) in [5.41, 5.74) is 0.575. The zero-order chi connectivity index (χ0) is 18.9. The lowest BCUT2D eigenvalue weighted by Crippen LogP contribution is -2.46. The summed E-state index contributed by atoms with van der Waals surface area (Å²) in [6.07, 6.45) is 5.40. The van der Waals surface area contributed by atoms with Gasteiger partial charge in [-0.1, -0.05) is 18.2 Å². The van der Waals surface area contributed by atoms with Gasteiger partial charge in [-0.25, -0.2) is 0 Å². The minimum atomic E-state index is -0.836. The smallest absolute Gasteiger partial charge is 0.247 e. The van der Waals surface area contributed by atoms with Gasteiger partial charge in [0.05, 0.1) is 18.9 Å². The molecule has 1 aromatic carbocycles. The summed E-state index contributed by atoms with van der Waals surface area (Å²) < 4.78 is 5.16. The lowest BCUT2D eigenvalue weighted by molar-refractivity contribution is -0.146. The van der Waals surface area contributed by atoms with Crippen LogP contribution in [0.3, 0.4) is 0 Å². The molecule has 2 bridgehead atoms. The van der Waals surface area contributed by atoms with Crippen LogP contribution >= 0.6 is 0 Å². The summed E-state index contributed by atoms with van der Waals surface area (Å²) >= 11 is 0. The highest BCUT2D eigenvalue weighted by Gasteiger charge is 2.67. The van der Waals surface area contributed by atoms with Crippen LogP contribution < -0.4 is 10.1 Å². The minimum Gasteiger partial charge on any atom is -0.497 e. The first-order valence-corrected chi connectivity index (χ1v) is 9.51. The third-order valence-electron chi connectivity index (χ3n) is 6.80. The number of methoxy groups -OCH3 is 1. The Morgan fingerprint density at radius 3 is 2.37 bits per heavy atom. The Labute approximate surface area is 157 Å². The Hall–Kier alpha value is -2.63. The summed E-state index contributed by atoms with van der Waals surface area (Å²) in [4.78, 5) is 40.1. The van der Waals surface area contributed by atoms with Gasteiger partial charge in [0.1, 0.15) is 11.8 Å². The highest BCUT2D eigenvalue weighted by Crippen LogP contribution is 2.65. The molecule has 5 aliphatic rings. The van der Waals surface area contributed by atoms with Crippen LogP contribution in [-0.4, -0.2) is 35.8 Å². The fourth-order valence-corrected chi connectivity index (χ4v) is 5.43. The topological polar surface area (TPSA) is 75.7 Å². The Morgan fingerprint density at radius 1 is 1.15 bits per heavy atom. The molecule has 0 aromatic heterocycles. The van der Waals surface area contributed by atoms with Crippen molar-refractivity contribution >= 4 is 23.4 Å². The van der Waals surface area contributed by atoms with E-state index in [1.165, 1.54) is 4.90 Å². The van der Waals surface area contributed by atoms with Gasteiger partial charge in [-0.3, -0.25) is 19.3 Å². The van der Waals surface area contributed by atoms with Crippen molar-refractivity contribution in [1.82, 2.24) is 4.90 Å². The molecule has 27 heavy (non-hydrogen) atoms. The number of hydrogen-bond acceptors (Lipinski definition) is 4. The lowest BCUT2D eigenvalue weighted by Gasteiger charge is -2.37. The van der Waals surface area contributed by atoms with E-state index in [-0.39, 0.29) is 41.4 Å². The number of nitrogens with zero attached hydrogens (tertiary/aromatic N) is 1. The molecular formula is C21H22N2O4. The summed E-state index contributed by atoms with van der Waals surface area (Å²) in [6, 6.07) is 6.17. The molecule has 6 rings (SSSR count). The normalized spacial score (nSPS) is 36.3. The third-order valence-corrected chi connectivity index (χ3v) is 6.80. The first-order valence-electron chi connectivity index (χ1n) is 9.51. The second-order valence-electron chi connectivity index (χ2n) is 8.10. The van der Waals surface area contributed by atoms with Gasteiger partial charge in [-0.05, 0) is 49.1 Å². The Morgan fingerprint density at radius 2 is 1.78 bits per heavy atom. The van der Waals surface area contributed by atoms with E-state index in [4.69, 9.17) is 4.74 Å². The van der Waals surface area contributed by atoms with Crippen LogP contribution in [0.25, 0.3) is 0 Å². The molecule has 1 aliphatic heterocycles. The first kappa shape index (κ1) is 16.5. The van der Waals surface area contributed by atoms with E-state index < -0.39 is 6.04 Å². The van der Waals surface area contributed by atoms with Gasteiger partial charge in [-0.2, -0.15) is 0 Å². The van der Waals surface area contributed by atoms with Crippen LogP contribution in [-0.2, 0) is 14.4 Å². The maximum absolute atomic E-state index is 13.1. The highest BCUT2D eigenvalue weighted by molar-refractivity contribution is 6.10. The average Bonchev–Trinajstić information content (AvgIpc) is 3.45. The standard InChI is InChI=1S/C21H22N2O4/c1-10(19(24)22-11-4-3-5-12(8-11)27-2)23-20(25)17-13-6-7-14(16-9-15(13)16)18(17)21(23)26/h3-8,10,13-18H,9H2,1-2H3,(H,22,24)/t10-,13-,14-,15-,16-,17+,18+/m0/s1. The number of amides is 3. The molecule has 6 nitrogen and oxygen atoms in total. The molecule has 7 atom stereocenters. The average molecular weight is 366 g/mol. The van der Waals surface area contributed by atoms with Gasteiger partial charge >= 0.3 is 0 Å². The fraction of sp³-hybridized carbons (Fsp3) is 0.476. The van der Waals surface area contributed by atoms with Crippen LogP contribution in [0, 0.1) is 35.5 Å². The van der Waals surface area contributed by atoms with E-state index in [1.807, 2.05) is 0 Å². The van der Waals surface area contributed by atoms with Crippen molar-refractivity contribution in [1.29, 1.82) is 0 Å². The zero-order valence-corrected chi connectivity index (χ0v) is 15.3. The second-order valence-corrected chi connectivity index (χ2v) is 8.10. The first-order chi connectivity index (χ1) is 13.0. The number of imide groups is 1. The number of anilines is 1. The summed E-state index contributed by atoms with van der Waals surface area (Å²) in [7, 11) is 1.56. The van der Waals surface area contributed by atoms with Crippen LogP contribution in [0.4, 0.5) is 5.69 Å². The quantitative estimate of drug-likeness (QED) is 0.654. The van der Waals surface area contributed by atoms with Crippen LogP contribution in [0.5, 0.6) is 5.75 Å². The number of nitrogens with one attached hydrogen (secondary N) is 1. The molecule has 3 amide bonds. The van der Waals surface area contributed by atoms with E-state index in [2.05, 4.69) is 17.5 Å². The number of rotatable bonds is 4. The van der Waals surface area contributed by atoms with Gasteiger partial charge in [0, 0.05) is 11.8 Å². The van der Waals surface area contributed by atoms with E-state index in [0.717, 1.165) is 6.42 Å². The molecule has 1 aromatic rings. The molecule has 2 saturated carbocycles. The number of ether oxygens (including phenoxy) is 1. The van der Waals surface area contributed by atoms with Crippen molar-refractivity contribution in [2.75, 3.05) is 12.4 Å². The molecule has 1 heterocycles. The maximum Gasteiger partial charge on any atom is 0.247 e. The van der Waals surface area contributed by atoms with Crippen molar-refractivity contribution < 1.29 is 19.1 Å². The van der Waals surface area contributed by atoms with Gasteiger partial charge in [-0.15, -0.1) is 0 Å². The fourth-order valence-electron chi connectivity index (χ4n) is 5.43. The lowest BCUT2D eigenvalue weighted by atomic mass is 9.63. The Kier molecular flexibility index (Phi) is 3.48. The number of likely N-dealkylation sites (tertiary alicyclic amines) is 1. The molecule has 0 unspecified atom stereocenters. The molecule has 140 valence electrons. The molecule has 6 heteroatoms.